The highest BCUT2D eigenvalue weighted by molar-refractivity contribution is 5.89. The van der Waals surface area contributed by atoms with E-state index in [4.69, 9.17) is 10.5 Å². The zero-order valence-electron chi connectivity index (χ0n) is 14.4. The number of carbonyl (C=O) groups excluding carboxylic acids is 2. The van der Waals surface area contributed by atoms with Crippen LogP contribution >= 0.6 is 0 Å². The molecule has 0 saturated carbocycles. The molecule has 0 heterocycles. The van der Waals surface area contributed by atoms with E-state index in [9.17, 15) is 9.59 Å². The molecule has 132 valence electrons. The van der Waals surface area contributed by atoms with Gasteiger partial charge in [0.1, 0.15) is 5.75 Å². The van der Waals surface area contributed by atoms with Gasteiger partial charge in [0, 0.05) is 5.69 Å². The monoisotopic (exact) mass is 341 g/mol. The fraction of sp³-hybridized carbons (Fsp3) is 0.263. The summed E-state index contributed by atoms with van der Waals surface area (Å²) in [4.78, 5) is 22.8. The standard InChI is InChI=1S/C19H23N3O3/c1-3-14-4-6-15(7-5-14)13(2)21-19(24)22-16-8-10-17(11-9-16)25-12-18(20)23/h4-11,13H,3,12H2,1-2H3,(H2,20,23)(H2,21,22,24). The van der Waals surface area contributed by atoms with Crippen molar-refractivity contribution in [1.29, 1.82) is 0 Å². The van der Waals surface area contributed by atoms with E-state index in [1.54, 1.807) is 24.3 Å². The number of ether oxygens (including phenoxy) is 1. The van der Waals surface area contributed by atoms with E-state index >= 15 is 0 Å². The highest BCUT2D eigenvalue weighted by atomic mass is 16.5. The summed E-state index contributed by atoms with van der Waals surface area (Å²) >= 11 is 0. The van der Waals surface area contributed by atoms with Gasteiger partial charge in [-0.3, -0.25) is 4.79 Å². The Hall–Kier alpha value is -3.02. The van der Waals surface area contributed by atoms with E-state index in [-0.39, 0.29) is 18.7 Å². The van der Waals surface area contributed by atoms with Gasteiger partial charge in [0.2, 0.25) is 0 Å². The minimum atomic E-state index is -0.539. The van der Waals surface area contributed by atoms with Crippen molar-refractivity contribution in [2.75, 3.05) is 11.9 Å². The summed E-state index contributed by atoms with van der Waals surface area (Å²) < 4.78 is 5.17. The number of carbonyl (C=O) groups is 2. The highest BCUT2D eigenvalue weighted by Gasteiger charge is 2.09. The van der Waals surface area contributed by atoms with Gasteiger partial charge in [-0.25, -0.2) is 4.79 Å². The second-order valence-corrected chi connectivity index (χ2v) is 5.69. The van der Waals surface area contributed by atoms with Crippen molar-refractivity contribution in [3.05, 3.63) is 59.7 Å². The van der Waals surface area contributed by atoms with Gasteiger partial charge in [-0.05, 0) is 48.7 Å². The molecule has 6 heteroatoms. The lowest BCUT2D eigenvalue weighted by Crippen LogP contribution is -2.31. The summed E-state index contributed by atoms with van der Waals surface area (Å²) in [5.41, 5.74) is 7.95. The van der Waals surface area contributed by atoms with E-state index in [0.717, 1.165) is 12.0 Å². The van der Waals surface area contributed by atoms with Crippen LogP contribution in [0, 0.1) is 0 Å². The first-order chi connectivity index (χ1) is 12.0. The van der Waals surface area contributed by atoms with Gasteiger partial charge in [-0.15, -0.1) is 0 Å². The molecule has 0 aliphatic heterocycles. The van der Waals surface area contributed by atoms with E-state index in [1.165, 1.54) is 5.56 Å². The Morgan fingerprint density at radius 2 is 1.72 bits per heavy atom. The lowest BCUT2D eigenvalue weighted by molar-refractivity contribution is -0.119. The van der Waals surface area contributed by atoms with Crippen molar-refractivity contribution in [1.82, 2.24) is 5.32 Å². The second-order valence-electron chi connectivity index (χ2n) is 5.69. The van der Waals surface area contributed by atoms with E-state index in [2.05, 4.69) is 29.7 Å². The largest absolute Gasteiger partial charge is 0.484 e. The molecule has 0 aromatic heterocycles. The number of benzene rings is 2. The van der Waals surface area contributed by atoms with E-state index in [0.29, 0.717) is 11.4 Å². The second kappa shape index (κ2) is 8.73. The number of hydrogen-bond acceptors (Lipinski definition) is 3. The first kappa shape index (κ1) is 18.3. The molecule has 0 aliphatic rings. The Bertz CT molecular complexity index is 712. The summed E-state index contributed by atoms with van der Waals surface area (Å²) in [6, 6.07) is 14.5. The quantitative estimate of drug-likeness (QED) is 0.722. The first-order valence-corrected chi connectivity index (χ1v) is 8.15. The number of aryl methyl sites for hydroxylation is 1. The van der Waals surface area contributed by atoms with Crippen LogP contribution in [0.1, 0.15) is 31.0 Å². The predicted octanol–water partition coefficient (Wildman–Crippen LogP) is 3.00. The molecule has 0 spiro atoms. The Labute approximate surface area is 147 Å². The first-order valence-electron chi connectivity index (χ1n) is 8.15. The minimum absolute atomic E-state index is 0.107. The molecule has 6 nitrogen and oxygen atoms in total. The number of rotatable bonds is 7. The normalized spacial score (nSPS) is 11.4. The zero-order valence-corrected chi connectivity index (χ0v) is 14.4. The van der Waals surface area contributed by atoms with Crippen molar-refractivity contribution < 1.29 is 14.3 Å². The number of nitrogens with two attached hydrogens (primary N) is 1. The summed E-state index contributed by atoms with van der Waals surface area (Å²) in [6.45, 7) is 3.86. The molecule has 4 N–H and O–H groups in total. The van der Waals surface area contributed by atoms with Crippen LogP contribution in [0.2, 0.25) is 0 Å². The Morgan fingerprint density at radius 3 is 2.28 bits per heavy atom. The SMILES string of the molecule is CCc1ccc(C(C)NC(=O)Nc2ccc(OCC(N)=O)cc2)cc1. The van der Waals surface area contributed by atoms with Gasteiger partial charge in [0.25, 0.3) is 5.91 Å². The third-order valence-electron chi connectivity index (χ3n) is 3.73. The van der Waals surface area contributed by atoms with Crippen LogP contribution in [0.4, 0.5) is 10.5 Å². The van der Waals surface area contributed by atoms with E-state index < -0.39 is 5.91 Å². The topological polar surface area (TPSA) is 93.4 Å². The van der Waals surface area contributed by atoms with Crippen molar-refractivity contribution in [3.8, 4) is 5.75 Å². The van der Waals surface area contributed by atoms with Gasteiger partial charge in [-0.1, -0.05) is 31.2 Å². The Kier molecular flexibility index (Phi) is 6.39. The average Bonchev–Trinajstić information content (AvgIpc) is 2.61. The molecule has 0 saturated heterocycles. The molecule has 0 bridgehead atoms. The van der Waals surface area contributed by atoms with E-state index in [1.807, 2.05) is 19.1 Å². The Morgan fingerprint density at radius 1 is 1.08 bits per heavy atom. The number of amides is 3. The third kappa shape index (κ3) is 5.84. The number of anilines is 1. The van der Waals surface area contributed by atoms with Gasteiger partial charge >= 0.3 is 6.03 Å². The molecule has 2 rings (SSSR count). The van der Waals surface area contributed by atoms with Crippen molar-refractivity contribution in [2.45, 2.75) is 26.3 Å². The molecule has 0 fully saturated rings. The van der Waals surface area contributed by atoms with Crippen molar-refractivity contribution in [3.63, 3.8) is 0 Å². The molecule has 25 heavy (non-hydrogen) atoms. The predicted molar refractivity (Wildman–Crippen MR) is 97.5 cm³/mol. The van der Waals surface area contributed by atoms with Gasteiger partial charge in [-0.2, -0.15) is 0 Å². The van der Waals surface area contributed by atoms with Crippen LogP contribution in [-0.2, 0) is 11.2 Å². The fourth-order valence-corrected chi connectivity index (χ4v) is 2.28. The van der Waals surface area contributed by atoms with Crippen molar-refractivity contribution in [2.24, 2.45) is 5.73 Å². The zero-order chi connectivity index (χ0) is 18.2. The van der Waals surface area contributed by atoms with Crippen molar-refractivity contribution >= 4 is 17.6 Å². The van der Waals surface area contributed by atoms with Crippen LogP contribution in [0.5, 0.6) is 5.75 Å². The van der Waals surface area contributed by atoms with Gasteiger partial charge in [0.05, 0.1) is 6.04 Å². The summed E-state index contributed by atoms with van der Waals surface area (Å²) in [7, 11) is 0. The summed E-state index contributed by atoms with van der Waals surface area (Å²) in [5.74, 6) is -0.0309. The fourth-order valence-electron chi connectivity index (χ4n) is 2.28. The molecule has 1 atom stereocenters. The summed E-state index contributed by atoms with van der Waals surface area (Å²) in [6.07, 6.45) is 0.988. The van der Waals surface area contributed by atoms with Crippen LogP contribution < -0.4 is 21.1 Å². The molecule has 0 aliphatic carbocycles. The molecular formula is C19H23N3O3. The lowest BCUT2D eigenvalue weighted by Gasteiger charge is -2.15. The smallest absolute Gasteiger partial charge is 0.319 e. The average molecular weight is 341 g/mol. The van der Waals surface area contributed by atoms with Crippen LogP contribution in [0.3, 0.4) is 0 Å². The maximum Gasteiger partial charge on any atom is 0.319 e. The van der Waals surface area contributed by atoms with Gasteiger partial charge < -0.3 is 21.1 Å². The van der Waals surface area contributed by atoms with Crippen LogP contribution in [0.15, 0.2) is 48.5 Å². The molecule has 0 radical (unpaired) electrons. The number of hydrogen-bond donors (Lipinski definition) is 3. The number of primary amides is 1. The molecule has 2 aromatic rings. The summed E-state index contributed by atoms with van der Waals surface area (Å²) in [5, 5.41) is 5.65. The number of nitrogens with one attached hydrogen (secondary N) is 2. The molecule has 1 unspecified atom stereocenters. The molecule has 3 amide bonds. The van der Waals surface area contributed by atoms with Gasteiger partial charge in [0.15, 0.2) is 6.61 Å². The Balaban J connectivity index is 1.87. The minimum Gasteiger partial charge on any atom is -0.484 e. The highest BCUT2D eigenvalue weighted by Crippen LogP contribution is 2.17. The maximum atomic E-state index is 12.1. The maximum absolute atomic E-state index is 12.1. The van der Waals surface area contributed by atoms with Crippen LogP contribution in [0.25, 0.3) is 0 Å². The molecular weight excluding hydrogens is 318 g/mol. The molecule has 2 aromatic carbocycles. The van der Waals surface area contributed by atoms with Crippen LogP contribution in [-0.4, -0.2) is 18.5 Å². The number of urea groups is 1. The lowest BCUT2D eigenvalue weighted by atomic mass is 10.1. The third-order valence-corrected chi connectivity index (χ3v) is 3.73.